The van der Waals surface area contributed by atoms with Crippen LogP contribution in [0.2, 0.25) is 0 Å². The highest BCUT2D eigenvalue weighted by molar-refractivity contribution is 8.18. The molecule has 1 aromatic heterocycles. The second kappa shape index (κ2) is 7.50. The van der Waals surface area contributed by atoms with Gasteiger partial charge in [-0.25, -0.2) is 0 Å². The van der Waals surface area contributed by atoms with E-state index in [1.807, 2.05) is 30.3 Å². The Balaban J connectivity index is 1.58. The summed E-state index contributed by atoms with van der Waals surface area (Å²) in [4.78, 5) is 20.5. The highest BCUT2D eigenvalue weighted by atomic mass is 32.2. The first-order valence-electron chi connectivity index (χ1n) is 8.99. The zero-order valence-electron chi connectivity index (χ0n) is 14.5. The smallest absolute Gasteiger partial charge is 0.286 e. The zero-order chi connectivity index (χ0) is 17.9. The van der Waals surface area contributed by atoms with Gasteiger partial charge in [0, 0.05) is 11.6 Å². The van der Waals surface area contributed by atoms with Crippen molar-refractivity contribution in [3.8, 4) is 5.75 Å². The largest absolute Gasteiger partial charge is 0.493 e. The van der Waals surface area contributed by atoms with E-state index in [0.717, 1.165) is 28.8 Å². The first-order valence-corrected chi connectivity index (χ1v) is 9.80. The molecule has 1 aliphatic heterocycles. The van der Waals surface area contributed by atoms with E-state index in [1.165, 1.54) is 43.9 Å². The molecule has 1 saturated carbocycles. The molecular formula is C20H21N3O2S. The lowest BCUT2D eigenvalue weighted by atomic mass is 9.90. The number of amides is 1. The van der Waals surface area contributed by atoms with Crippen LogP contribution >= 0.6 is 11.8 Å². The molecule has 1 amide bonds. The molecule has 0 saturated heterocycles. The standard InChI is InChI=1S/C20H21N3O2S/c21-20-23-19(24)18(26-20)11-14-6-7-16-15(10-14)17(8-9-22-16)25-12-13-4-2-1-3-5-13/h6-11,13H,1-5,12H2,(H2,21,23,24)/b18-11-. The fourth-order valence-corrected chi connectivity index (χ4v) is 4.17. The third-order valence-electron chi connectivity index (χ3n) is 4.86. The van der Waals surface area contributed by atoms with Crippen molar-refractivity contribution in [3.05, 3.63) is 40.9 Å². The molecule has 4 rings (SSSR count). The molecule has 2 aliphatic rings. The van der Waals surface area contributed by atoms with Crippen LogP contribution in [-0.4, -0.2) is 22.7 Å². The van der Waals surface area contributed by atoms with Crippen LogP contribution in [0, 0.1) is 5.92 Å². The van der Waals surface area contributed by atoms with Crippen molar-refractivity contribution in [2.45, 2.75) is 32.1 Å². The predicted molar refractivity (Wildman–Crippen MR) is 106 cm³/mol. The number of carbonyl (C=O) groups excluding carboxylic acids is 1. The number of ether oxygens (including phenoxy) is 1. The minimum absolute atomic E-state index is 0.285. The van der Waals surface area contributed by atoms with Crippen molar-refractivity contribution in [2.75, 3.05) is 6.61 Å². The number of aromatic nitrogens is 1. The Kier molecular flexibility index (Phi) is 4.93. The lowest BCUT2D eigenvalue weighted by Crippen LogP contribution is -2.15. The topological polar surface area (TPSA) is 77.6 Å². The van der Waals surface area contributed by atoms with Gasteiger partial charge in [0.05, 0.1) is 17.0 Å². The fraction of sp³-hybridized carbons (Fsp3) is 0.350. The monoisotopic (exact) mass is 367 g/mol. The molecule has 0 unspecified atom stereocenters. The molecular weight excluding hydrogens is 346 g/mol. The summed E-state index contributed by atoms with van der Waals surface area (Å²) in [6.07, 6.45) is 10.1. The summed E-state index contributed by atoms with van der Waals surface area (Å²) in [6, 6.07) is 7.81. The van der Waals surface area contributed by atoms with Crippen molar-refractivity contribution in [3.63, 3.8) is 0 Å². The second-order valence-corrected chi connectivity index (χ2v) is 7.83. The fourth-order valence-electron chi connectivity index (χ4n) is 3.49. The first-order chi connectivity index (χ1) is 12.7. The van der Waals surface area contributed by atoms with Crippen LogP contribution < -0.4 is 10.5 Å². The number of amidine groups is 1. The Bertz CT molecular complexity index is 901. The minimum Gasteiger partial charge on any atom is -0.493 e. The summed E-state index contributed by atoms with van der Waals surface area (Å²) in [6.45, 7) is 0.753. The average Bonchev–Trinajstić information content (AvgIpc) is 2.98. The molecule has 2 heterocycles. The van der Waals surface area contributed by atoms with Crippen molar-refractivity contribution in [1.82, 2.24) is 4.98 Å². The summed E-state index contributed by atoms with van der Waals surface area (Å²) in [5, 5.41) is 1.25. The van der Waals surface area contributed by atoms with Gasteiger partial charge in [-0.15, -0.1) is 0 Å². The van der Waals surface area contributed by atoms with E-state index in [0.29, 0.717) is 16.0 Å². The van der Waals surface area contributed by atoms with Gasteiger partial charge in [-0.2, -0.15) is 4.99 Å². The van der Waals surface area contributed by atoms with Crippen LogP contribution in [0.15, 0.2) is 40.4 Å². The maximum absolute atomic E-state index is 11.8. The number of hydrogen-bond donors (Lipinski definition) is 1. The molecule has 26 heavy (non-hydrogen) atoms. The number of fused-ring (bicyclic) bond motifs is 1. The van der Waals surface area contributed by atoms with E-state index in [-0.39, 0.29) is 5.91 Å². The molecule has 134 valence electrons. The number of pyridine rings is 1. The number of benzene rings is 1. The molecule has 2 N–H and O–H groups in total. The summed E-state index contributed by atoms with van der Waals surface area (Å²) in [5.74, 6) is 1.21. The number of nitrogens with zero attached hydrogens (tertiary/aromatic N) is 2. The number of aliphatic imine (C=N–C) groups is 1. The van der Waals surface area contributed by atoms with Gasteiger partial charge in [0.25, 0.3) is 5.91 Å². The number of carbonyl (C=O) groups is 1. The van der Waals surface area contributed by atoms with E-state index in [4.69, 9.17) is 10.5 Å². The maximum atomic E-state index is 11.8. The quantitative estimate of drug-likeness (QED) is 0.823. The van der Waals surface area contributed by atoms with E-state index in [1.54, 1.807) is 6.20 Å². The van der Waals surface area contributed by atoms with Crippen LogP contribution in [-0.2, 0) is 4.79 Å². The SMILES string of the molecule is NC1=NC(=O)/C(=C/c2ccc3nccc(OCC4CCCCC4)c3c2)S1. The normalized spacial score (nSPS) is 19.9. The molecule has 1 fully saturated rings. The van der Waals surface area contributed by atoms with Crippen molar-refractivity contribution in [1.29, 1.82) is 0 Å². The molecule has 6 heteroatoms. The Hall–Kier alpha value is -2.34. The Morgan fingerprint density at radius 1 is 1.23 bits per heavy atom. The van der Waals surface area contributed by atoms with Gasteiger partial charge >= 0.3 is 0 Å². The van der Waals surface area contributed by atoms with E-state index < -0.39 is 0 Å². The van der Waals surface area contributed by atoms with Gasteiger partial charge in [0.1, 0.15) is 5.75 Å². The van der Waals surface area contributed by atoms with Crippen LogP contribution in [0.3, 0.4) is 0 Å². The van der Waals surface area contributed by atoms with Crippen molar-refractivity contribution < 1.29 is 9.53 Å². The van der Waals surface area contributed by atoms with Crippen molar-refractivity contribution in [2.24, 2.45) is 16.6 Å². The Morgan fingerprint density at radius 3 is 2.85 bits per heavy atom. The third kappa shape index (κ3) is 3.75. The van der Waals surface area contributed by atoms with Gasteiger partial charge in [-0.3, -0.25) is 9.78 Å². The summed E-state index contributed by atoms with van der Waals surface area (Å²) in [7, 11) is 0. The second-order valence-electron chi connectivity index (χ2n) is 6.77. The summed E-state index contributed by atoms with van der Waals surface area (Å²) < 4.78 is 6.15. The molecule has 2 aromatic rings. The number of nitrogens with two attached hydrogens (primary N) is 1. The number of rotatable bonds is 4. The minimum atomic E-state index is -0.285. The van der Waals surface area contributed by atoms with Gasteiger partial charge in [-0.1, -0.05) is 25.3 Å². The molecule has 0 bridgehead atoms. The molecule has 0 spiro atoms. The zero-order valence-corrected chi connectivity index (χ0v) is 15.3. The van der Waals surface area contributed by atoms with Crippen LogP contribution in [0.1, 0.15) is 37.7 Å². The molecule has 1 aromatic carbocycles. The van der Waals surface area contributed by atoms with E-state index in [9.17, 15) is 4.79 Å². The molecule has 5 nitrogen and oxygen atoms in total. The predicted octanol–water partition coefficient (Wildman–Crippen LogP) is 4.12. The molecule has 0 radical (unpaired) electrons. The molecule has 1 aliphatic carbocycles. The number of thioether (sulfide) groups is 1. The first kappa shape index (κ1) is 17.1. The van der Waals surface area contributed by atoms with Gasteiger partial charge in [-0.05, 0) is 60.4 Å². The average molecular weight is 367 g/mol. The van der Waals surface area contributed by atoms with Gasteiger partial charge in [0.15, 0.2) is 5.17 Å². The Morgan fingerprint density at radius 2 is 2.08 bits per heavy atom. The van der Waals surface area contributed by atoms with E-state index >= 15 is 0 Å². The highest BCUT2D eigenvalue weighted by Gasteiger charge is 2.19. The van der Waals surface area contributed by atoms with Crippen LogP contribution in [0.25, 0.3) is 17.0 Å². The number of hydrogen-bond acceptors (Lipinski definition) is 5. The summed E-state index contributed by atoms with van der Waals surface area (Å²) in [5.41, 5.74) is 7.41. The Labute approximate surface area is 156 Å². The van der Waals surface area contributed by atoms with Crippen LogP contribution in [0.5, 0.6) is 5.75 Å². The van der Waals surface area contributed by atoms with Crippen molar-refractivity contribution >= 4 is 39.8 Å². The lowest BCUT2D eigenvalue weighted by molar-refractivity contribution is -0.113. The maximum Gasteiger partial charge on any atom is 0.286 e. The third-order valence-corrected chi connectivity index (χ3v) is 5.67. The summed E-state index contributed by atoms with van der Waals surface area (Å²) >= 11 is 1.20. The lowest BCUT2D eigenvalue weighted by Gasteiger charge is -2.22. The van der Waals surface area contributed by atoms with Gasteiger partial charge < -0.3 is 10.5 Å². The van der Waals surface area contributed by atoms with Crippen LogP contribution in [0.4, 0.5) is 0 Å². The van der Waals surface area contributed by atoms with Gasteiger partial charge in [0.2, 0.25) is 0 Å². The highest BCUT2D eigenvalue weighted by Crippen LogP contribution is 2.31. The molecule has 0 atom stereocenters. The van der Waals surface area contributed by atoms with E-state index in [2.05, 4.69) is 9.98 Å².